The fourth-order valence-corrected chi connectivity index (χ4v) is 9.81. The molecular formula is C28H35NO3Si. The molecule has 0 saturated heterocycles. The Morgan fingerprint density at radius 3 is 1.82 bits per heavy atom. The van der Waals surface area contributed by atoms with E-state index in [0.29, 0.717) is 12.8 Å². The fraction of sp³-hybridized carbons (Fsp3) is 0.321. The van der Waals surface area contributed by atoms with Crippen LogP contribution in [0.15, 0.2) is 91.0 Å². The molecule has 2 N–H and O–H groups in total. The van der Waals surface area contributed by atoms with E-state index < -0.39 is 19.8 Å². The highest BCUT2D eigenvalue weighted by molar-refractivity contribution is 7.03. The zero-order chi connectivity index (χ0) is 23.7. The molecule has 174 valence electrons. The molecule has 3 aromatic carbocycles. The average molecular weight is 462 g/mol. The first-order valence-electron chi connectivity index (χ1n) is 11.6. The Morgan fingerprint density at radius 1 is 0.879 bits per heavy atom. The third kappa shape index (κ3) is 6.56. The van der Waals surface area contributed by atoms with Gasteiger partial charge in [0.1, 0.15) is 13.7 Å². The lowest BCUT2D eigenvalue weighted by molar-refractivity contribution is 0.0519. The molecular weight excluding hydrogens is 426 g/mol. The van der Waals surface area contributed by atoms with Gasteiger partial charge in [0.15, 0.2) is 0 Å². The molecule has 1 atom stereocenters. The van der Waals surface area contributed by atoms with E-state index in [0.717, 1.165) is 11.6 Å². The maximum absolute atomic E-state index is 13.1. The molecule has 3 aromatic rings. The lowest BCUT2D eigenvalue weighted by atomic mass is 10.1. The first-order chi connectivity index (χ1) is 15.8. The van der Waals surface area contributed by atoms with Crippen molar-refractivity contribution < 1.29 is 14.6 Å². The van der Waals surface area contributed by atoms with Gasteiger partial charge in [0, 0.05) is 12.3 Å². The van der Waals surface area contributed by atoms with Gasteiger partial charge >= 0.3 is 6.09 Å². The van der Waals surface area contributed by atoms with Crippen molar-refractivity contribution in [2.75, 3.05) is 6.61 Å². The number of carbonyl (C=O) groups excluding carboxylic acids is 1. The van der Waals surface area contributed by atoms with Crippen LogP contribution in [0.25, 0.3) is 0 Å². The van der Waals surface area contributed by atoms with Crippen LogP contribution in [-0.4, -0.2) is 37.1 Å². The second-order valence-electron chi connectivity index (χ2n) is 9.42. The summed E-state index contributed by atoms with van der Waals surface area (Å²) < 4.78 is 5.70. The number of hydrogen-bond acceptors (Lipinski definition) is 3. The Balaban J connectivity index is 2.17. The van der Waals surface area contributed by atoms with Crippen LogP contribution in [0.1, 0.15) is 32.8 Å². The molecule has 0 heterocycles. The summed E-state index contributed by atoms with van der Waals surface area (Å²) in [5.41, 5.74) is 0.410. The first kappa shape index (κ1) is 24.7. The number of rotatable bonds is 9. The van der Waals surface area contributed by atoms with E-state index in [2.05, 4.69) is 66.0 Å². The second kappa shape index (κ2) is 11.3. The zero-order valence-corrected chi connectivity index (χ0v) is 20.8. The van der Waals surface area contributed by atoms with Crippen molar-refractivity contribution in [3.63, 3.8) is 0 Å². The third-order valence-electron chi connectivity index (χ3n) is 5.88. The monoisotopic (exact) mass is 461 g/mol. The van der Waals surface area contributed by atoms with Crippen LogP contribution in [-0.2, 0) is 11.2 Å². The summed E-state index contributed by atoms with van der Waals surface area (Å²) in [4.78, 5) is 13.1. The number of aliphatic hydroxyl groups excluding tert-OH is 1. The highest BCUT2D eigenvalue weighted by Crippen LogP contribution is 2.22. The molecule has 0 fully saturated rings. The van der Waals surface area contributed by atoms with Gasteiger partial charge in [-0.2, -0.15) is 0 Å². The van der Waals surface area contributed by atoms with Gasteiger partial charge in [-0.3, -0.25) is 0 Å². The minimum absolute atomic E-state index is 0.110. The summed E-state index contributed by atoms with van der Waals surface area (Å²) in [7, 11) is -2.59. The number of ether oxygens (including phenoxy) is 1. The van der Waals surface area contributed by atoms with Crippen LogP contribution >= 0.6 is 0 Å². The Morgan fingerprint density at radius 2 is 1.36 bits per heavy atom. The summed E-state index contributed by atoms with van der Waals surface area (Å²) in [6, 6.07) is 32.1. The van der Waals surface area contributed by atoms with Gasteiger partial charge in [0.05, 0.1) is 0 Å². The predicted octanol–water partition coefficient (Wildman–Crippen LogP) is 4.31. The molecule has 4 nitrogen and oxygen atoms in total. The van der Waals surface area contributed by atoms with Crippen molar-refractivity contribution in [2.45, 2.75) is 50.9 Å². The molecule has 0 unspecified atom stereocenters. The van der Waals surface area contributed by atoms with Crippen LogP contribution in [0.3, 0.4) is 0 Å². The maximum atomic E-state index is 13.1. The minimum Gasteiger partial charge on any atom is -0.444 e. The van der Waals surface area contributed by atoms with Gasteiger partial charge in [0.2, 0.25) is 0 Å². The second-order valence-corrected chi connectivity index (χ2v) is 13.7. The van der Waals surface area contributed by atoms with E-state index in [1.54, 1.807) is 0 Å². The Bertz CT molecular complexity index is 948. The number of hydrogen-bond donors (Lipinski definition) is 2. The van der Waals surface area contributed by atoms with Crippen LogP contribution < -0.4 is 15.7 Å². The molecule has 3 rings (SSSR count). The van der Waals surface area contributed by atoms with Crippen molar-refractivity contribution in [3.8, 4) is 0 Å². The van der Waals surface area contributed by atoms with Crippen LogP contribution in [0.4, 0.5) is 4.79 Å². The molecule has 0 aliphatic rings. The fourth-order valence-electron chi connectivity index (χ4n) is 4.51. The SMILES string of the molecule is CC(C)(C)OC(=O)N[C@@H](Cc1ccccc1)[Si](CCCO)(c1ccccc1)c1ccccc1. The number of amides is 1. The summed E-state index contributed by atoms with van der Waals surface area (Å²) in [5.74, 6) is 0. The van der Waals surface area contributed by atoms with Gasteiger partial charge < -0.3 is 15.2 Å². The maximum Gasteiger partial charge on any atom is 0.407 e. The summed E-state index contributed by atoms with van der Waals surface area (Å²) in [5, 5.41) is 15.6. The lowest BCUT2D eigenvalue weighted by Crippen LogP contribution is -2.71. The molecule has 0 bridgehead atoms. The van der Waals surface area contributed by atoms with Gasteiger partial charge in [-0.15, -0.1) is 0 Å². The zero-order valence-electron chi connectivity index (χ0n) is 19.8. The Kier molecular flexibility index (Phi) is 8.47. The highest BCUT2D eigenvalue weighted by atomic mass is 28.3. The standard InChI is InChI=1S/C28H35NO3Si/c1-28(2,3)32-27(31)29-26(22-23-14-7-4-8-15-23)33(21-13-20-30,24-16-9-5-10-17-24)25-18-11-6-12-19-25/h4-12,14-19,26,30H,13,20-22H2,1-3H3,(H,29,31)/t26-/m1/s1. The van der Waals surface area contributed by atoms with Crippen molar-refractivity contribution >= 4 is 24.5 Å². The number of alkyl carbamates (subject to hydrolysis) is 1. The van der Waals surface area contributed by atoms with E-state index in [1.807, 2.05) is 51.1 Å². The Hall–Kier alpha value is -2.89. The van der Waals surface area contributed by atoms with E-state index in [-0.39, 0.29) is 12.3 Å². The average Bonchev–Trinajstić information content (AvgIpc) is 2.80. The quantitative estimate of drug-likeness (QED) is 0.467. The van der Waals surface area contributed by atoms with E-state index in [4.69, 9.17) is 4.74 Å². The molecule has 33 heavy (non-hydrogen) atoms. The third-order valence-corrected chi connectivity index (χ3v) is 11.3. The lowest BCUT2D eigenvalue weighted by Gasteiger charge is -2.41. The summed E-state index contributed by atoms with van der Waals surface area (Å²) in [6.45, 7) is 5.75. The van der Waals surface area contributed by atoms with Crippen molar-refractivity contribution in [3.05, 3.63) is 96.6 Å². The molecule has 0 aliphatic carbocycles. The molecule has 0 aliphatic heterocycles. The summed E-state index contributed by atoms with van der Waals surface area (Å²) >= 11 is 0. The number of benzene rings is 3. The molecule has 0 spiro atoms. The largest absolute Gasteiger partial charge is 0.444 e. The van der Waals surface area contributed by atoms with Gasteiger partial charge in [-0.1, -0.05) is 101 Å². The van der Waals surface area contributed by atoms with Crippen molar-refractivity contribution in [1.82, 2.24) is 5.32 Å². The van der Waals surface area contributed by atoms with E-state index in [9.17, 15) is 9.90 Å². The van der Waals surface area contributed by atoms with Gasteiger partial charge in [-0.05, 0) is 45.2 Å². The number of carbonyl (C=O) groups is 1. The van der Waals surface area contributed by atoms with Gasteiger partial charge in [-0.25, -0.2) is 4.79 Å². The van der Waals surface area contributed by atoms with E-state index in [1.165, 1.54) is 10.4 Å². The van der Waals surface area contributed by atoms with Crippen LogP contribution in [0.5, 0.6) is 0 Å². The van der Waals surface area contributed by atoms with E-state index >= 15 is 0 Å². The minimum atomic E-state index is -2.59. The molecule has 1 amide bonds. The smallest absolute Gasteiger partial charge is 0.407 e. The molecule has 5 heteroatoms. The number of aliphatic hydroxyl groups is 1. The first-order valence-corrected chi connectivity index (χ1v) is 13.9. The highest BCUT2D eigenvalue weighted by Gasteiger charge is 2.45. The topological polar surface area (TPSA) is 58.6 Å². The predicted molar refractivity (Wildman–Crippen MR) is 138 cm³/mol. The molecule has 0 aromatic heterocycles. The van der Waals surface area contributed by atoms with Crippen molar-refractivity contribution in [1.29, 1.82) is 0 Å². The Labute approximate surface area is 198 Å². The van der Waals surface area contributed by atoms with Crippen molar-refractivity contribution in [2.24, 2.45) is 0 Å². The normalized spacial score (nSPS) is 12.7. The molecule has 0 saturated carbocycles. The van der Waals surface area contributed by atoms with Crippen LogP contribution in [0.2, 0.25) is 6.04 Å². The van der Waals surface area contributed by atoms with Crippen LogP contribution in [0, 0.1) is 0 Å². The summed E-state index contributed by atoms with van der Waals surface area (Å²) in [6.07, 6.45) is 0.940. The van der Waals surface area contributed by atoms with Gasteiger partial charge in [0.25, 0.3) is 0 Å². The number of nitrogens with one attached hydrogen (secondary N) is 1. The molecule has 0 radical (unpaired) electrons.